The van der Waals surface area contributed by atoms with Crippen LogP contribution < -0.4 is 0 Å². The number of fused-ring (bicyclic) bond motifs is 1. The van der Waals surface area contributed by atoms with E-state index in [-0.39, 0.29) is 0 Å². The number of piperidine rings is 1. The van der Waals surface area contributed by atoms with Gasteiger partial charge in [-0.25, -0.2) is 0 Å². The molecule has 1 aromatic heterocycles. The van der Waals surface area contributed by atoms with Gasteiger partial charge >= 0.3 is 0 Å². The molecule has 0 radical (unpaired) electrons. The highest BCUT2D eigenvalue weighted by molar-refractivity contribution is 6.30. The van der Waals surface area contributed by atoms with Crippen molar-refractivity contribution in [2.45, 2.75) is 51.4 Å². The van der Waals surface area contributed by atoms with Gasteiger partial charge in [-0.3, -0.25) is 9.58 Å². The predicted octanol–water partition coefficient (Wildman–Crippen LogP) is 3.98. The maximum absolute atomic E-state index is 6.05. The van der Waals surface area contributed by atoms with E-state index in [1.165, 1.54) is 35.4 Å². The molecule has 1 aromatic carbocycles. The van der Waals surface area contributed by atoms with Gasteiger partial charge in [0.25, 0.3) is 0 Å². The van der Waals surface area contributed by atoms with Crippen LogP contribution in [-0.2, 0) is 35.6 Å². The Balaban J connectivity index is 1.61. The van der Waals surface area contributed by atoms with Gasteiger partial charge in [0.1, 0.15) is 0 Å². The maximum atomic E-state index is 6.05. The number of hydrogen-bond acceptors (Lipinski definition) is 4. The van der Waals surface area contributed by atoms with Gasteiger partial charge in [0.15, 0.2) is 0 Å². The third-order valence-electron chi connectivity index (χ3n) is 5.66. The SMILES string of the molecule is COCCn1nc(C2CCCCN2Cc2ccc(Cl)cc2)c2c1CCOC2. The molecule has 0 bridgehead atoms. The zero-order valence-electron chi connectivity index (χ0n) is 16.0. The van der Waals surface area contributed by atoms with Crippen molar-refractivity contribution in [3.63, 3.8) is 0 Å². The fraction of sp³-hybridized carbons (Fsp3) is 0.571. The molecule has 1 unspecified atom stereocenters. The number of methoxy groups -OCH3 is 1. The van der Waals surface area contributed by atoms with Gasteiger partial charge in [-0.05, 0) is 37.1 Å². The standard InChI is InChI=1S/C21H28ClN3O2/c1-26-13-11-25-19-9-12-27-15-18(19)21(23-25)20-4-2-3-10-24(20)14-16-5-7-17(22)8-6-16/h5-8,20H,2-4,9-15H2,1H3. The van der Waals surface area contributed by atoms with Crippen LogP contribution in [0.5, 0.6) is 0 Å². The van der Waals surface area contributed by atoms with Crippen molar-refractivity contribution in [3.05, 3.63) is 51.8 Å². The van der Waals surface area contributed by atoms with Crippen LogP contribution in [0, 0.1) is 0 Å². The Morgan fingerprint density at radius 2 is 2.11 bits per heavy atom. The summed E-state index contributed by atoms with van der Waals surface area (Å²) in [5.74, 6) is 0. The van der Waals surface area contributed by atoms with E-state index in [9.17, 15) is 0 Å². The van der Waals surface area contributed by atoms with E-state index in [2.05, 4.69) is 21.7 Å². The average Bonchev–Trinajstić information content (AvgIpc) is 3.07. The minimum atomic E-state index is 0.355. The molecule has 6 heteroatoms. The summed E-state index contributed by atoms with van der Waals surface area (Å²) in [5.41, 5.74) is 5.17. The molecule has 0 saturated carbocycles. The van der Waals surface area contributed by atoms with Crippen molar-refractivity contribution in [1.29, 1.82) is 0 Å². The largest absolute Gasteiger partial charge is 0.383 e. The summed E-state index contributed by atoms with van der Waals surface area (Å²) < 4.78 is 13.2. The van der Waals surface area contributed by atoms with Crippen molar-refractivity contribution in [2.24, 2.45) is 0 Å². The zero-order chi connectivity index (χ0) is 18.6. The molecule has 2 aliphatic heterocycles. The monoisotopic (exact) mass is 389 g/mol. The minimum Gasteiger partial charge on any atom is -0.383 e. The Bertz CT molecular complexity index is 760. The molecule has 27 heavy (non-hydrogen) atoms. The molecule has 1 fully saturated rings. The molecule has 1 saturated heterocycles. The molecular weight excluding hydrogens is 362 g/mol. The van der Waals surface area contributed by atoms with Crippen molar-refractivity contribution < 1.29 is 9.47 Å². The van der Waals surface area contributed by atoms with Crippen LogP contribution >= 0.6 is 11.6 Å². The van der Waals surface area contributed by atoms with Crippen LogP contribution in [0.4, 0.5) is 0 Å². The summed E-state index contributed by atoms with van der Waals surface area (Å²) in [6.07, 6.45) is 4.59. The van der Waals surface area contributed by atoms with Crippen molar-refractivity contribution in [2.75, 3.05) is 26.9 Å². The first kappa shape index (κ1) is 18.9. The minimum absolute atomic E-state index is 0.355. The Morgan fingerprint density at radius 3 is 2.93 bits per heavy atom. The van der Waals surface area contributed by atoms with Crippen LogP contribution in [0.3, 0.4) is 0 Å². The van der Waals surface area contributed by atoms with Crippen molar-refractivity contribution in [1.82, 2.24) is 14.7 Å². The predicted molar refractivity (Wildman–Crippen MR) is 106 cm³/mol. The number of likely N-dealkylation sites (tertiary alicyclic amines) is 1. The van der Waals surface area contributed by atoms with Crippen molar-refractivity contribution >= 4 is 11.6 Å². The van der Waals surface area contributed by atoms with Crippen LogP contribution in [-0.4, -0.2) is 41.5 Å². The lowest BCUT2D eigenvalue weighted by Gasteiger charge is -2.35. The number of nitrogens with zero attached hydrogens (tertiary/aromatic N) is 3. The molecule has 146 valence electrons. The van der Waals surface area contributed by atoms with E-state index < -0.39 is 0 Å². The van der Waals surface area contributed by atoms with Gasteiger partial charge in [-0.1, -0.05) is 30.2 Å². The summed E-state index contributed by atoms with van der Waals surface area (Å²) in [6.45, 7) is 5.00. The number of aromatic nitrogens is 2. The Labute approximate surface area is 166 Å². The summed E-state index contributed by atoms with van der Waals surface area (Å²) in [5, 5.41) is 5.84. The van der Waals surface area contributed by atoms with Gasteiger partial charge in [-0.15, -0.1) is 0 Å². The van der Waals surface area contributed by atoms with E-state index in [0.29, 0.717) is 19.3 Å². The van der Waals surface area contributed by atoms with E-state index >= 15 is 0 Å². The van der Waals surface area contributed by atoms with Crippen LogP contribution in [0.2, 0.25) is 5.02 Å². The second-order valence-corrected chi connectivity index (χ2v) is 7.87. The first-order valence-corrected chi connectivity index (χ1v) is 10.3. The summed E-state index contributed by atoms with van der Waals surface area (Å²) >= 11 is 6.05. The average molecular weight is 390 g/mol. The number of benzene rings is 1. The lowest BCUT2D eigenvalue weighted by Crippen LogP contribution is -2.34. The van der Waals surface area contributed by atoms with E-state index in [1.807, 2.05) is 12.1 Å². The summed E-state index contributed by atoms with van der Waals surface area (Å²) in [7, 11) is 1.74. The van der Waals surface area contributed by atoms with Gasteiger partial charge < -0.3 is 9.47 Å². The highest BCUT2D eigenvalue weighted by atomic mass is 35.5. The van der Waals surface area contributed by atoms with E-state index in [1.54, 1.807) is 7.11 Å². The zero-order valence-corrected chi connectivity index (χ0v) is 16.7. The molecule has 1 atom stereocenters. The number of halogens is 1. The van der Waals surface area contributed by atoms with E-state index in [0.717, 1.165) is 44.1 Å². The number of rotatable bonds is 6. The highest BCUT2D eigenvalue weighted by Crippen LogP contribution is 2.36. The third-order valence-corrected chi connectivity index (χ3v) is 5.91. The van der Waals surface area contributed by atoms with Crippen LogP contribution in [0.1, 0.15) is 47.8 Å². The summed E-state index contributed by atoms with van der Waals surface area (Å²) in [4.78, 5) is 2.57. The van der Waals surface area contributed by atoms with Gasteiger partial charge in [0.2, 0.25) is 0 Å². The lowest BCUT2D eigenvalue weighted by atomic mass is 9.95. The quantitative estimate of drug-likeness (QED) is 0.749. The van der Waals surface area contributed by atoms with Crippen LogP contribution in [0.25, 0.3) is 0 Å². The number of ether oxygens (including phenoxy) is 2. The lowest BCUT2D eigenvalue weighted by molar-refractivity contribution is 0.102. The second-order valence-electron chi connectivity index (χ2n) is 7.44. The molecule has 0 spiro atoms. The molecule has 0 N–H and O–H groups in total. The highest BCUT2D eigenvalue weighted by Gasteiger charge is 2.31. The van der Waals surface area contributed by atoms with Gasteiger partial charge in [0, 0.05) is 36.4 Å². The molecule has 0 amide bonds. The third kappa shape index (κ3) is 4.21. The fourth-order valence-corrected chi connectivity index (χ4v) is 4.41. The molecule has 4 rings (SSSR count). The molecule has 2 aromatic rings. The van der Waals surface area contributed by atoms with Crippen molar-refractivity contribution in [3.8, 4) is 0 Å². The molecule has 0 aliphatic carbocycles. The molecule has 3 heterocycles. The second kappa shape index (κ2) is 8.74. The first-order valence-electron chi connectivity index (χ1n) is 9.90. The Hall–Kier alpha value is -1.40. The molecular formula is C21H28ClN3O2. The molecule has 5 nitrogen and oxygen atoms in total. The van der Waals surface area contributed by atoms with Gasteiger partial charge in [0.05, 0.1) is 38.1 Å². The van der Waals surface area contributed by atoms with Gasteiger partial charge in [-0.2, -0.15) is 5.10 Å². The Morgan fingerprint density at radius 1 is 1.26 bits per heavy atom. The van der Waals surface area contributed by atoms with E-state index in [4.69, 9.17) is 26.2 Å². The van der Waals surface area contributed by atoms with Crippen LogP contribution in [0.15, 0.2) is 24.3 Å². The fourth-order valence-electron chi connectivity index (χ4n) is 4.28. The maximum Gasteiger partial charge on any atom is 0.0854 e. The normalized spacial score (nSPS) is 20.6. The smallest absolute Gasteiger partial charge is 0.0854 e. The first-order chi connectivity index (χ1) is 13.3. The number of hydrogen-bond donors (Lipinski definition) is 0. The topological polar surface area (TPSA) is 39.5 Å². The molecule has 2 aliphatic rings. The Kier molecular flexibility index (Phi) is 6.13. The summed E-state index contributed by atoms with van der Waals surface area (Å²) in [6, 6.07) is 8.57.